The molecule has 3 rings (SSSR count). The first-order valence-corrected chi connectivity index (χ1v) is 13.2. The molecule has 34 heavy (non-hydrogen) atoms. The largest absolute Gasteiger partial charge is 0.493 e. The molecule has 0 aliphatic carbocycles. The lowest BCUT2D eigenvalue weighted by molar-refractivity contribution is -0.139. The van der Waals surface area contributed by atoms with Crippen molar-refractivity contribution < 1.29 is 27.1 Å². The zero-order chi connectivity index (χ0) is 24.7. The van der Waals surface area contributed by atoms with Crippen molar-refractivity contribution in [2.75, 3.05) is 39.5 Å². The van der Waals surface area contributed by atoms with Gasteiger partial charge in [-0.15, -0.1) is 0 Å². The van der Waals surface area contributed by atoms with Crippen molar-refractivity contribution in [1.29, 1.82) is 0 Å². The van der Waals surface area contributed by atoms with Crippen LogP contribution in [0.15, 0.2) is 53.4 Å². The highest BCUT2D eigenvalue weighted by molar-refractivity contribution is 7.90. The van der Waals surface area contributed by atoms with Gasteiger partial charge in [0.05, 0.1) is 23.8 Å². The van der Waals surface area contributed by atoms with E-state index in [1.165, 1.54) is 24.3 Å². The summed E-state index contributed by atoms with van der Waals surface area (Å²) >= 11 is 0. The molecule has 1 atom stereocenters. The zero-order valence-corrected chi connectivity index (χ0v) is 20.4. The number of benzene rings is 2. The number of amides is 2. The SMILES string of the molecule is CN(CCCOc1cccc(S(C)(=O)=O)c1)C(=O)C1CCCN(C(=O)Cc2ccc(F)cc2)C1. The van der Waals surface area contributed by atoms with Gasteiger partial charge in [0.2, 0.25) is 11.8 Å². The smallest absolute Gasteiger partial charge is 0.227 e. The van der Waals surface area contributed by atoms with Crippen molar-refractivity contribution in [2.24, 2.45) is 5.92 Å². The number of likely N-dealkylation sites (tertiary alicyclic amines) is 1. The summed E-state index contributed by atoms with van der Waals surface area (Å²) < 4.78 is 42.1. The molecule has 1 aliphatic rings. The van der Waals surface area contributed by atoms with Crippen LogP contribution in [0.4, 0.5) is 4.39 Å². The van der Waals surface area contributed by atoms with E-state index in [1.807, 2.05) is 0 Å². The average Bonchev–Trinajstić information content (AvgIpc) is 2.82. The second kappa shape index (κ2) is 11.5. The first-order chi connectivity index (χ1) is 16.1. The van der Waals surface area contributed by atoms with Gasteiger partial charge >= 0.3 is 0 Å². The second-order valence-electron chi connectivity index (χ2n) is 8.69. The molecule has 2 amide bonds. The number of hydrogen-bond acceptors (Lipinski definition) is 5. The Morgan fingerprint density at radius 3 is 2.62 bits per heavy atom. The maximum atomic E-state index is 13.1. The Morgan fingerprint density at radius 2 is 1.91 bits per heavy atom. The number of ether oxygens (including phenoxy) is 1. The van der Waals surface area contributed by atoms with E-state index in [-0.39, 0.29) is 34.9 Å². The lowest BCUT2D eigenvalue weighted by Gasteiger charge is -2.34. The summed E-state index contributed by atoms with van der Waals surface area (Å²) in [6.07, 6.45) is 3.42. The third-order valence-corrected chi connectivity index (χ3v) is 7.02. The van der Waals surface area contributed by atoms with Crippen molar-refractivity contribution in [2.45, 2.75) is 30.6 Å². The van der Waals surface area contributed by atoms with Crippen LogP contribution < -0.4 is 4.74 Å². The highest BCUT2D eigenvalue weighted by Gasteiger charge is 2.30. The average molecular weight is 491 g/mol. The molecule has 184 valence electrons. The number of carbonyl (C=O) groups is 2. The van der Waals surface area contributed by atoms with Crippen LogP contribution in [0.5, 0.6) is 5.75 Å². The van der Waals surface area contributed by atoms with Crippen molar-refractivity contribution in [1.82, 2.24) is 9.80 Å². The molecule has 1 saturated heterocycles. The topological polar surface area (TPSA) is 84.0 Å². The molecule has 9 heteroatoms. The maximum absolute atomic E-state index is 13.1. The van der Waals surface area contributed by atoms with Gasteiger partial charge in [0.15, 0.2) is 9.84 Å². The van der Waals surface area contributed by atoms with Gasteiger partial charge in [0.25, 0.3) is 0 Å². The number of hydrogen-bond donors (Lipinski definition) is 0. The number of piperidine rings is 1. The summed E-state index contributed by atoms with van der Waals surface area (Å²) in [7, 11) is -1.56. The molecule has 1 unspecified atom stereocenters. The van der Waals surface area contributed by atoms with Crippen LogP contribution >= 0.6 is 0 Å². The van der Waals surface area contributed by atoms with Crippen LogP contribution in [-0.2, 0) is 25.8 Å². The van der Waals surface area contributed by atoms with E-state index in [0.717, 1.165) is 24.7 Å². The van der Waals surface area contributed by atoms with Crippen LogP contribution in [0.25, 0.3) is 0 Å². The molecule has 0 bridgehead atoms. The lowest BCUT2D eigenvalue weighted by atomic mass is 9.96. The molecule has 0 N–H and O–H groups in total. The van der Waals surface area contributed by atoms with Gasteiger partial charge in [0, 0.05) is 32.9 Å². The van der Waals surface area contributed by atoms with Gasteiger partial charge in [-0.1, -0.05) is 18.2 Å². The third kappa shape index (κ3) is 7.28. The number of halogens is 1. The second-order valence-corrected chi connectivity index (χ2v) is 10.7. The monoisotopic (exact) mass is 490 g/mol. The maximum Gasteiger partial charge on any atom is 0.227 e. The fraction of sp³-hybridized carbons (Fsp3) is 0.440. The predicted molar refractivity (Wildman–Crippen MR) is 127 cm³/mol. The first kappa shape index (κ1) is 25.7. The third-order valence-electron chi connectivity index (χ3n) is 5.91. The van der Waals surface area contributed by atoms with Crippen LogP contribution in [0.1, 0.15) is 24.8 Å². The Hall–Kier alpha value is -2.94. The minimum absolute atomic E-state index is 0.00152. The Kier molecular flexibility index (Phi) is 8.66. The van der Waals surface area contributed by atoms with Gasteiger partial charge < -0.3 is 14.5 Å². The Balaban J connectivity index is 1.44. The molecule has 1 heterocycles. The molecule has 1 fully saturated rings. The molecular weight excluding hydrogens is 459 g/mol. The first-order valence-electron chi connectivity index (χ1n) is 11.3. The van der Waals surface area contributed by atoms with E-state index in [4.69, 9.17) is 4.74 Å². The van der Waals surface area contributed by atoms with Gasteiger partial charge in [-0.2, -0.15) is 0 Å². The van der Waals surface area contributed by atoms with Crippen LogP contribution in [-0.4, -0.2) is 69.6 Å². The molecular formula is C25H31FN2O5S. The molecule has 2 aromatic carbocycles. The molecule has 2 aromatic rings. The normalized spacial score (nSPS) is 16.2. The van der Waals surface area contributed by atoms with Crippen LogP contribution in [0.2, 0.25) is 0 Å². The summed E-state index contributed by atoms with van der Waals surface area (Å²) in [6.45, 7) is 1.84. The summed E-state index contributed by atoms with van der Waals surface area (Å²) in [5.41, 5.74) is 0.749. The highest BCUT2D eigenvalue weighted by atomic mass is 32.2. The zero-order valence-electron chi connectivity index (χ0n) is 19.6. The van der Waals surface area contributed by atoms with E-state index < -0.39 is 9.84 Å². The molecule has 0 spiro atoms. The van der Waals surface area contributed by atoms with E-state index in [1.54, 1.807) is 41.1 Å². The predicted octanol–water partition coefficient (Wildman–Crippen LogP) is 2.94. The molecule has 0 radical (unpaired) electrons. The number of carbonyl (C=O) groups excluding carboxylic acids is 2. The molecule has 7 nitrogen and oxygen atoms in total. The van der Waals surface area contributed by atoms with Crippen molar-refractivity contribution >= 4 is 21.7 Å². The minimum atomic E-state index is -3.30. The van der Waals surface area contributed by atoms with E-state index in [2.05, 4.69) is 0 Å². The molecule has 0 saturated carbocycles. The number of nitrogens with zero attached hydrogens (tertiary/aromatic N) is 2. The highest BCUT2D eigenvalue weighted by Crippen LogP contribution is 2.20. The Labute approximate surface area is 200 Å². The van der Waals surface area contributed by atoms with E-state index >= 15 is 0 Å². The summed E-state index contributed by atoms with van der Waals surface area (Å²) in [5.74, 6) is -0.173. The fourth-order valence-electron chi connectivity index (χ4n) is 4.00. The Morgan fingerprint density at radius 1 is 1.18 bits per heavy atom. The van der Waals surface area contributed by atoms with Crippen LogP contribution in [0, 0.1) is 11.7 Å². The summed E-state index contributed by atoms with van der Waals surface area (Å²) in [5, 5.41) is 0. The van der Waals surface area contributed by atoms with E-state index in [0.29, 0.717) is 38.4 Å². The van der Waals surface area contributed by atoms with Crippen molar-refractivity contribution in [3.63, 3.8) is 0 Å². The van der Waals surface area contributed by atoms with Gasteiger partial charge in [-0.05, 0) is 55.2 Å². The fourth-order valence-corrected chi connectivity index (χ4v) is 4.66. The quantitative estimate of drug-likeness (QED) is 0.505. The number of sulfone groups is 1. The Bertz CT molecular complexity index is 1100. The number of rotatable bonds is 9. The lowest BCUT2D eigenvalue weighted by Crippen LogP contribution is -2.46. The molecule has 0 aromatic heterocycles. The summed E-state index contributed by atoms with van der Waals surface area (Å²) in [6, 6.07) is 12.2. The summed E-state index contributed by atoms with van der Waals surface area (Å²) in [4.78, 5) is 29.2. The van der Waals surface area contributed by atoms with Crippen molar-refractivity contribution in [3.05, 3.63) is 59.9 Å². The van der Waals surface area contributed by atoms with Crippen molar-refractivity contribution in [3.8, 4) is 5.75 Å². The van der Waals surface area contributed by atoms with Gasteiger partial charge in [-0.25, -0.2) is 12.8 Å². The minimum Gasteiger partial charge on any atom is -0.493 e. The van der Waals surface area contributed by atoms with E-state index in [9.17, 15) is 22.4 Å². The van der Waals surface area contributed by atoms with Gasteiger partial charge in [-0.3, -0.25) is 9.59 Å². The van der Waals surface area contributed by atoms with Gasteiger partial charge in [0.1, 0.15) is 11.6 Å². The van der Waals surface area contributed by atoms with Crippen LogP contribution in [0.3, 0.4) is 0 Å². The standard InChI is InChI=1S/C25H31FN2O5S/c1-27(13-5-15-33-22-7-3-8-23(17-22)34(2,31)32)25(30)20-6-4-14-28(18-20)24(29)16-19-9-11-21(26)12-10-19/h3,7-12,17,20H,4-6,13-16,18H2,1-2H3. The molecule has 1 aliphatic heterocycles.